The van der Waals surface area contributed by atoms with E-state index in [4.69, 9.17) is 4.74 Å². The Labute approximate surface area is 163 Å². The Balaban J connectivity index is 0.00000288. The van der Waals surface area contributed by atoms with E-state index in [9.17, 15) is 8.42 Å². The third-order valence-electron chi connectivity index (χ3n) is 4.99. The molecule has 0 aromatic rings. The normalized spacial score (nSPS) is 20.9. The van der Waals surface area contributed by atoms with E-state index in [-0.39, 0.29) is 36.3 Å². The number of sulfone groups is 1. The summed E-state index contributed by atoms with van der Waals surface area (Å²) in [4.78, 5) is 6.75. The van der Waals surface area contributed by atoms with Crippen LogP contribution in [0.15, 0.2) is 4.99 Å². The summed E-state index contributed by atoms with van der Waals surface area (Å²) >= 11 is 0. The molecule has 0 unspecified atom stereocenters. The molecule has 1 spiro atoms. The minimum atomic E-state index is -2.94. The van der Waals surface area contributed by atoms with E-state index >= 15 is 0 Å². The fourth-order valence-electron chi connectivity index (χ4n) is 3.71. The molecule has 1 aliphatic heterocycles. The van der Waals surface area contributed by atoms with Gasteiger partial charge in [-0.2, -0.15) is 0 Å². The summed E-state index contributed by atoms with van der Waals surface area (Å²) in [5.74, 6) is 1.02. The van der Waals surface area contributed by atoms with Crippen LogP contribution in [0.4, 0.5) is 0 Å². The zero-order chi connectivity index (χ0) is 16.8. The molecule has 2 aliphatic rings. The highest BCUT2D eigenvalue weighted by Gasteiger charge is 2.39. The zero-order valence-electron chi connectivity index (χ0n) is 14.9. The zero-order valence-corrected chi connectivity index (χ0v) is 18.1. The van der Waals surface area contributed by atoms with Gasteiger partial charge in [0.1, 0.15) is 9.84 Å². The molecule has 1 N–H and O–H groups in total. The van der Waals surface area contributed by atoms with E-state index in [0.717, 1.165) is 19.0 Å². The highest BCUT2D eigenvalue weighted by atomic mass is 127. The van der Waals surface area contributed by atoms with Gasteiger partial charge in [0, 0.05) is 32.9 Å². The molecule has 0 radical (unpaired) electrons. The van der Waals surface area contributed by atoms with Crippen LogP contribution in [0.3, 0.4) is 0 Å². The van der Waals surface area contributed by atoms with Crippen molar-refractivity contribution in [1.82, 2.24) is 10.2 Å². The van der Waals surface area contributed by atoms with Crippen LogP contribution in [0, 0.1) is 5.41 Å². The molecule has 24 heavy (non-hydrogen) atoms. The van der Waals surface area contributed by atoms with E-state index in [1.165, 1.54) is 44.8 Å². The number of aliphatic imine (C=N–C) groups is 1. The molecule has 0 bridgehead atoms. The summed E-state index contributed by atoms with van der Waals surface area (Å²) < 4.78 is 27.4. The van der Waals surface area contributed by atoms with Crippen LogP contribution in [-0.4, -0.2) is 71.2 Å². The van der Waals surface area contributed by atoms with Crippen molar-refractivity contribution in [3.63, 3.8) is 0 Å². The predicted octanol–water partition coefficient (Wildman–Crippen LogP) is 1.90. The summed E-state index contributed by atoms with van der Waals surface area (Å²) in [6.45, 7) is 3.59. The van der Waals surface area contributed by atoms with Crippen molar-refractivity contribution in [1.29, 1.82) is 0 Å². The Bertz CT molecular complexity index is 505. The van der Waals surface area contributed by atoms with Crippen molar-refractivity contribution >= 4 is 39.8 Å². The van der Waals surface area contributed by atoms with E-state index in [1.807, 2.05) is 7.05 Å². The quantitative estimate of drug-likeness (QED) is 0.276. The average Bonchev–Trinajstić information content (AvgIpc) is 2.89. The summed E-state index contributed by atoms with van der Waals surface area (Å²) in [5.41, 5.74) is 0.516. The first kappa shape index (κ1) is 22.0. The van der Waals surface area contributed by atoms with E-state index in [1.54, 1.807) is 0 Å². The van der Waals surface area contributed by atoms with Gasteiger partial charge in [-0.05, 0) is 24.7 Å². The number of nitrogens with one attached hydrogen (secondary N) is 1. The van der Waals surface area contributed by atoms with Crippen molar-refractivity contribution in [2.75, 3.05) is 51.9 Å². The van der Waals surface area contributed by atoms with Gasteiger partial charge in [-0.15, -0.1) is 24.0 Å². The van der Waals surface area contributed by atoms with Crippen LogP contribution >= 0.6 is 24.0 Å². The largest absolute Gasteiger partial charge is 0.379 e. The van der Waals surface area contributed by atoms with E-state index < -0.39 is 9.84 Å². The van der Waals surface area contributed by atoms with Crippen molar-refractivity contribution in [3.05, 3.63) is 0 Å². The molecular formula is C16H32IN3O3S. The molecule has 1 heterocycles. The van der Waals surface area contributed by atoms with Crippen molar-refractivity contribution in [3.8, 4) is 0 Å². The Morgan fingerprint density at radius 3 is 2.54 bits per heavy atom. The van der Waals surface area contributed by atoms with Crippen LogP contribution < -0.4 is 5.32 Å². The maximum atomic E-state index is 11.0. The summed E-state index contributed by atoms with van der Waals surface area (Å²) in [5, 5.41) is 3.33. The Morgan fingerprint density at radius 2 is 1.92 bits per heavy atom. The van der Waals surface area contributed by atoms with Crippen molar-refractivity contribution < 1.29 is 13.2 Å². The highest BCUT2D eigenvalue weighted by Crippen LogP contribution is 2.43. The van der Waals surface area contributed by atoms with Gasteiger partial charge in [-0.1, -0.05) is 19.3 Å². The summed E-state index contributed by atoms with van der Waals surface area (Å²) in [7, 11) is -1.12. The van der Waals surface area contributed by atoms with Crippen LogP contribution in [0.1, 0.15) is 38.5 Å². The van der Waals surface area contributed by atoms with Gasteiger partial charge >= 0.3 is 0 Å². The molecule has 0 aromatic carbocycles. The van der Waals surface area contributed by atoms with Gasteiger partial charge < -0.3 is 15.0 Å². The third-order valence-corrected chi connectivity index (χ3v) is 5.90. The second-order valence-electron chi connectivity index (χ2n) is 6.95. The lowest BCUT2D eigenvalue weighted by molar-refractivity contribution is 0.153. The highest BCUT2D eigenvalue weighted by molar-refractivity contribution is 14.0. The third kappa shape index (κ3) is 7.03. The SMILES string of the molecule is CN=C(NCCOCCS(C)(=O)=O)N1CCC2(CCCCC2)C1.I. The Kier molecular flexibility index (Phi) is 9.29. The number of guanidine groups is 1. The van der Waals surface area contributed by atoms with Gasteiger partial charge in [-0.25, -0.2) is 8.42 Å². The molecule has 2 fully saturated rings. The summed E-state index contributed by atoms with van der Waals surface area (Å²) in [6, 6.07) is 0. The molecule has 142 valence electrons. The first-order valence-electron chi connectivity index (χ1n) is 8.65. The number of likely N-dealkylation sites (tertiary alicyclic amines) is 1. The van der Waals surface area contributed by atoms with E-state index in [0.29, 0.717) is 18.6 Å². The molecule has 0 aromatic heterocycles. The predicted molar refractivity (Wildman–Crippen MR) is 109 cm³/mol. The maximum Gasteiger partial charge on any atom is 0.193 e. The van der Waals surface area contributed by atoms with Crippen LogP contribution in [0.2, 0.25) is 0 Å². The maximum absolute atomic E-state index is 11.0. The number of halogens is 1. The fourth-order valence-corrected chi connectivity index (χ4v) is 4.13. The average molecular weight is 473 g/mol. The number of hydrogen-bond donors (Lipinski definition) is 1. The minimum absolute atomic E-state index is 0. The van der Waals surface area contributed by atoms with Crippen molar-refractivity contribution in [2.24, 2.45) is 10.4 Å². The second-order valence-corrected chi connectivity index (χ2v) is 9.21. The standard InChI is InChI=1S/C16H31N3O3S.HI/c1-17-15(18-9-11-22-12-13-23(2,20)21)19-10-8-16(14-19)6-4-3-5-7-16;/h3-14H2,1-2H3,(H,17,18);1H. The first-order valence-corrected chi connectivity index (χ1v) is 10.7. The molecule has 1 saturated carbocycles. The molecule has 1 aliphatic carbocycles. The first-order chi connectivity index (χ1) is 10.9. The Morgan fingerprint density at radius 1 is 1.21 bits per heavy atom. The Hall–Kier alpha value is -0.0900. The van der Waals surface area contributed by atoms with Crippen LogP contribution in [0.25, 0.3) is 0 Å². The lowest BCUT2D eigenvalue weighted by atomic mass is 9.73. The monoisotopic (exact) mass is 473 g/mol. The molecule has 6 nitrogen and oxygen atoms in total. The smallest absolute Gasteiger partial charge is 0.193 e. The second kappa shape index (κ2) is 10.2. The van der Waals surface area contributed by atoms with Gasteiger partial charge in [-0.3, -0.25) is 4.99 Å². The number of nitrogens with zero attached hydrogens (tertiary/aromatic N) is 2. The van der Waals surface area contributed by atoms with Crippen LogP contribution in [0.5, 0.6) is 0 Å². The van der Waals surface area contributed by atoms with Gasteiger partial charge in [0.15, 0.2) is 5.96 Å². The van der Waals surface area contributed by atoms with Gasteiger partial charge in [0.25, 0.3) is 0 Å². The molecular weight excluding hydrogens is 441 g/mol. The molecule has 2 rings (SSSR count). The minimum Gasteiger partial charge on any atom is -0.379 e. The van der Waals surface area contributed by atoms with Gasteiger partial charge in [0.2, 0.25) is 0 Å². The molecule has 0 atom stereocenters. The number of rotatable bonds is 6. The lowest BCUT2D eigenvalue weighted by Crippen LogP contribution is -2.42. The lowest BCUT2D eigenvalue weighted by Gasteiger charge is -2.33. The summed E-state index contributed by atoms with van der Waals surface area (Å²) in [6.07, 6.45) is 9.34. The van der Waals surface area contributed by atoms with Crippen molar-refractivity contribution in [2.45, 2.75) is 38.5 Å². The topological polar surface area (TPSA) is 71.0 Å². The molecule has 8 heteroatoms. The van der Waals surface area contributed by atoms with Gasteiger partial charge in [0.05, 0.1) is 19.0 Å². The number of ether oxygens (including phenoxy) is 1. The fraction of sp³-hybridized carbons (Fsp3) is 0.938. The van der Waals surface area contributed by atoms with Crippen LogP contribution in [-0.2, 0) is 14.6 Å². The number of hydrogen-bond acceptors (Lipinski definition) is 4. The van der Waals surface area contributed by atoms with E-state index in [2.05, 4.69) is 15.2 Å². The molecule has 1 saturated heterocycles. The molecule has 0 amide bonds.